The van der Waals surface area contributed by atoms with Gasteiger partial charge in [0.05, 0.1) is 6.04 Å². The molecular formula is C15H28N4O. The largest absolute Gasteiger partial charge is 0.306 e. The van der Waals surface area contributed by atoms with E-state index in [4.69, 9.17) is 0 Å². The molecule has 0 aromatic rings. The molecule has 5 heteroatoms. The monoisotopic (exact) mass is 280 g/mol. The Morgan fingerprint density at radius 2 is 1.95 bits per heavy atom. The normalized spacial score (nSPS) is 31.6. The Hall–Kier alpha value is -0.940. The van der Waals surface area contributed by atoms with Gasteiger partial charge >= 0.3 is 0 Å². The van der Waals surface area contributed by atoms with Crippen molar-refractivity contribution in [1.82, 2.24) is 15.6 Å². The number of hydrazone groups is 1. The number of carbonyl (C=O) groups is 1. The molecule has 0 aromatic carbocycles. The van der Waals surface area contributed by atoms with Gasteiger partial charge in [0.2, 0.25) is 0 Å². The summed E-state index contributed by atoms with van der Waals surface area (Å²) in [5.41, 5.74) is 2.69. The third-order valence-electron chi connectivity index (χ3n) is 4.56. The Bertz CT molecular complexity index is 329. The molecule has 2 aliphatic rings. The molecule has 1 amide bonds. The molecule has 1 atom stereocenters. The van der Waals surface area contributed by atoms with Crippen LogP contribution < -0.4 is 10.7 Å². The van der Waals surface area contributed by atoms with Crippen LogP contribution in [-0.4, -0.2) is 49.7 Å². The van der Waals surface area contributed by atoms with E-state index in [2.05, 4.69) is 34.8 Å². The number of hydrogen-bond donors (Lipinski definition) is 2. The molecule has 2 N–H and O–H groups in total. The highest BCUT2D eigenvalue weighted by atomic mass is 16.2. The Morgan fingerprint density at radius 3 is 2.55 bits per heavy atom. The minimum Gasteiger partial charge on any atom is -0.306 e. The summed E-state index contributed by atoms with van der Waals surface area (Å²) in [4.78, 5) is 14.2. The first kappa shape index (κ1) is 15.4. The number of nitrogens with zero attached hydrogens (tertiary/aromatic N) is 2. The summed E-state index contributed by atoms with van der Waals surface area (Å²) in [6.07, 6.45) is 9.95. The minimum absolute atomic E-state index is 0.0166. The standard InChI is InChI=1S/C15H28N4O/c1-19(2)13-8-6-12(7-9-13)11-17-18-15(20)14-5-3-4-10-16-14/h11-14,16H,3-10H2,1-2H3,(H,18,20)/b17-11+. The Kier molecular flexibility index (Phi) is 5.98. The first-order chi connectivity index (χ1) is 9.66. The number of nitrogens with one attached hydrogen (secondary N) is 2. The van der Waals surface area contributed by atoms with Gasteiger partial charge in [-0.3, -0.25) is 4.79 Å². The second-order valence-corrected chi connectivity index (χ2v) is 6.29. The van der Waals surface area contributed by atoms with Crippen molar-refractivity contribution in [3.63, 3.8) is 0 Å². The maximum atomic E-state index is 11.9. The van der Waals surface area contributed by atoms with Gasteiger partial charge < -0.3 is 10.2 Å². The van der Waals surface area contributed by atoms with Gasteiger partial charge in [-0.2, -0.15) is 5.10 Å². The molecule has 0 bridgehead atoms. The van der Waals surface area contributed by atoms with Crippen LogP contribution in [0.1, 0.15) is 44.9 Å². The molecule has 1 saturated heterocycles. The summed E-state index contributed by atoms with van der Waals surface area (Å²) in [5, 5.41) is 7.40. The highest BCUT2D eigenvalue weighted by molar-refractivity contribution is 5.82. The van der Waals surface area contributed by atoms with Crippen LogP contribution in [-0.2, 0) is 4.79 Å². The summed E-state index contributed by atoms with van der Waals surface area (Å²) < 4.78 is 0. The summed E-state index contributed by atoms with van der Waals surface area (Å²) >= 11 is 0. The van der Waals surface area contributed by atoms with Crippen molar-refractivity contribution in [1.29, 1.82) is 0 Å². The predicted octanol–water partition coefficient (Wildman–Crippen LogP) is 1.35. The van der Waals surface area contributed by atoms with E-state index in [0.717, 1.165) is 19.4 Å². The van der Waals surface area contributed by atoms with Crippen LogP contribution in [0.2, 0.25) is 0 Å². The number of amides is 1. The Labute approximate surface area is 122 Å². The molecule has 2 rings (SSSR count). The summed E-state index contributed by atoms with van der Waals surface area (Å²) in [7, 11) is 4.30. The molecule has 1 heterocycles. The van der Waals surface area contributed by atoms with Crippen LogP contribution >= 0.6 is 0 Å². The average Bonchev–Trinajstić information content (AvgIpc) is 2.48. The number of carbonyl (C=O) groups excluding carboxylic acids is 1. The van der Waals surface area contributed by atoms with Crippen molar-refractivity contribution in [2.24, 2.45) is 11.0 Å². The quantitative estimate of drug-likeness (QED) is 0.604. The first-order valence-electron chi connectivity index (χ1n) is 7.89. The van der Waals surface area contributed by atoms with E-state index in [-0.39, 0.29) is 11.9 Å². The number of rotatable bonds is 4. The van der Waals surface area contributed by atoms with Crippen LogP contribution in [0.25, 0.3) is 0 Å². The first-order valence-corrected chi connectivity index (χ1v) is 7.89. The van der Waals surface area contributed by atoms with Crippen LogP contribution in [0, 0.1) is 5.92 Å². The van der Waals surface area contributed by atoms with Crippen molar-refractivity contribution in [2.75, 3.05) is 20.6 Å². The molecule has 2 fully saturated rings. The maximum Gasteiger partial charge on any atom is 0.257 e. The van der Waals surface area contributed by atoms with Gasteiger partial charge in [0, 0.05) is 12.3 Å². The fourth-order valence-electron chi connectivity index (χ4n) is 3.13. The summed E-state index contributed by atoms with van der Waals surface area (Å²) in [6.45, 7) is 0.941. The fraction of sp³-hybridized carbons (Fsp3) is 0.867. The van der Waals surface area contributed by atoms with Crippen LogP contribution in [0.4, 0.5) is 0 Å². The van der Waals surface area contributed by atoms with Gasteiger partial charge in [0.15, 0.2) is 0 Å². The van der Waals surface area contributed by atoms with Crippen molar-refractivity contribution in [3.05, 3.63) is 0 Å². The molecule has 1 unspecified atom stereocenters. The van der Waals surface area contributed by atoms with Crippen LogP contribution in [0.3, 0.4) is 0 Å². The highest BCUT2D eigenvalue weighted by Crippen LogP contribution is 2.25. The molecular weight excluding hydrogens is 252 g/mol. The van der Waals surface area contributed by atoms with Gasteiger partial charge in [-0.05, 0) is 65.1 Å². The van der Waals surface area contributed by atoms with Crippen LogP contribution in [0.5, 0.6) is 0 Å². The molecule has 1 aliphatic heterocycles. The van der Waals surface area contributed by atoms with E-state index in [1.165, 1.54) is 32.1 Å². The van der Waals surface area contributed by atoms with E-state index >= 15 is 0 Å². The van der Waals surface area contributed by atoms with Crippen molar-refractivity contribution >= 4 is 12.1 Å². The van der Waals surface area contributed by atoms with E-state index in [9.17, 15) is 4.79 Å². The summed E-state index contributed by atoms with van der Waals surface area (Å²) in [6, 6.07) is 0.658. The average molecular weight is 280 g/mol. The van der Waals surface area contributed by atoms with Crippen molar-refractivity contribution in [3.8, 4) is 0 Å². The SMILES string of the molecule is CN(C)C1CCC(/C=N/NC(=O)C2CCCCN2)CC1. The molecule has 1 aliphatic carbocycles. The van der Waals surface area contributed by atoms with Gasteiger partial charge in [-0.15, -0.1) is 0 Å². The Morgan fingerprint density at radius 1 is 1.20 bits per heavy atom. The van der Waals surface area contributed by atoms with Crippen molar-refractivity contribution in [2.45, 2.75) is 57.0 Å². The predicted molar refractivity (Wildman–Crippen MR) is 81.7 cm³/mol. The Balaban J connectivity index is 1.67. The fourth-order valence-corrected chi connectivity index (χ4v) is 3.13. The van der Waals surface area contributed by atoms with Gasteiger partial charge in [0.1, 0.15) is 0 Å². The molecule has 0 aromatic heterocycles. The zero-order chi connectivity index (χ0) is 14.4. The van der Waals surface area contributed by atoms with Crippen molar-refractivity contribution < 1.29 is 4.79 Å². The third kappa shape index (κ3) is 4.56. The molecule has 114 valence electrons. The highest BCUT2D eigenvalue weighted by Gasteiger charge is 2.22. The lowest BCUT2D eigenvalue weighted by Crippen LogP contribution is -2.45. The molecule has 0 radical (unpaired) electrons. The van der Waals surface area contributed by atoms with E-state index in [1.54, 1.807) is 0 Å². The number of hydrogen-bond acceptors (Lipinski definition) is 4. The zero-order valence-corrected chi connectivity index (χ0v) is 12.8. The topological polar surface area (TPSA) is 56.7 Å². The molecule has 5 nitrogen and oxygen atoms in total. The zero-order valence-electron chi connectivity index (χ0n) is 12.8. The second-order valence-electron chi connectivity index (χ2n) is 6.29. The summed E-state index contributed by atoms with van der Waals surface area (Å²) in [5.74, 6) is 0.536. The molecule has 1 saturated carbocycles. The lowest BCUT2D eigenvalue weighted by atomic mass is 9.86. The minimum atomic E-state index is -0.0506. The van der Waals surface area contributed by atoms with E-state index in [1.807, 2.05) is 6.21 Å². The second kappa shape index (κ2) is 7.74. The van der Waals surface area contributed by atoms with Gasteiger partial charge in [-0.1, -0.05) is 6.42 Å². The van der Waals surface area contributed by atoms with Gasteiger partial charge in [-0.25, -0.2) is 5.43 Å². The third-order valence-corrected chi connectivity index (χ3v) is 4.56. The van der Waals surface area contributed by atoms with E-state index in [0.29, 0.717) is 12.0 Å². The van der Waals surface area contributed by atoms with Gasteiger partial charge in [0.25, 0.3) is 5.91 Å². The lowest BCUT2D eigenvalue weighted by Gasteiger charge is -2.31. The molecule has 20 heavy (non-hydrogen) atoms. The van der Waals surface area contributed by atoms with E-state index < -0.39 is 0 Å². The lowest BCUT2D eigenvalue weighted by molar-refractivity contribution is -0.123. The smallest absolute Gasteiger partial charge is 0.257 e. The molecule has 0 spiro atoms. The maximum absolute atomic E-state index is 11.9. The van der Waals surface area contributed by atoms with Crippen LogP contribution in [0.15, 0.2) is 5.10 Å². The number of piperidine rings is 1.